The first-order chi connectivity index (χ1) is 8.78. The third kappa shape index (κ3) is 3.49. The quantitative estimate of drug-likeness (QED) is 0.740. The van der Waals surface area contributed by atoms with Crippen molar-refractivity contribution in [2.24, 2.45) is 0 Å². The van der Waals surface area contributed by atoms with Crippen molar-refractivity contribution in [1.29, 1.82) is 0 Å². The van der Waals surface area contributed by atoms with Gasteiger partial charge in [-0.2, -0.15) is 4.98 Å². The number of H-pyrrole nitrogens is 1. The first-order valence-electron chi connectivity index (χ1n) is 5.46. The largest absolute Gasteiger partial charge is 0.326 e. The number of hydrogen-bond donors (Lipinski definition) is 3. The maximum Gasteiger partial charge on any atom is 0.326 e. The zero-order chi connectivity index (χ0) is 12.8. The fourth-order valence-electron chi connectivity index (χ4n) is 1.29. The molecule has 3 N–H and O–H groups in total. The highest BCUT2D eigenvalue weighted by atomic mass is 32.2. The summed E-state index contributed by atoms with van der Waals surface area (Å²) in [6.45, 7) is 2.01. The number of rotatable bonds is 4. The second-order valence-electron chi connectivity index (χ2n) is 3.34. The number of aromatic nitrogens is 3. The van der Waals surface area contributed by atoms with Gasteiger partial charge in [-0.25, -0.2) is 9.89 Å². The Morgan fingerprint density at radius 1 is 1.33 bits per heavy atom. The standard InChI is InChI=1S/C11H13N5OS/c1-2-18-11-14-9(15-16-11)13-10(17)12-8-6-4-3-5-7-8/h3-7H,2H2,1H3,(H3,12,13,14,15,16,17). The van der Waals surface area contributed by atoms with Crippen molar-refractivity contribution in [1.82, 2.24) is 15.2 Å². The van der Waals surface area contributed by atoms with Crippen molar-refractivity contribution in [2.45, 2.75) is 12.1 Å². The van der Waals surface area contributed by atoms with Crippen LogP contribution in [0.25, 0.3) is 0 Å². The molecule has 1 aromatic carbocycles. The molecule has 0 aliphatic heterocycles. The summed E-state index contributed by atoms with van der Waals surface area (Å²) in [5, 5.41) is 12.5. The summed E-state index contributed by atoms with van der Waals surface area (Å²) < 4.78 is 0. The highest BCUT2D eigenvalue weighted by molar-refractivity contribution is 7.99. The summed E-state index contributed by atoms with van der Waals surface area (Å²) in [6, 6.07) is 8.83. The van der Waals surface area contributed by atoms with Gasteiger partial charge in [-0.05, 0) is 17.9 Å². The predicted molar refractivity (Wildman–Crippen MR) is 71.9 cm³/mol. The zero-order valence-electron chi connectivity index (χ0n) is 9.80. The summed E-state index contributed by atoms with van der Waals surface area (Å²) in [5.41, 5.74) is 0.720. The fraction of sp³-hybridized carbons (Fsp3) is 0.182. The summed E-state index contributed by atoms with van der Waals surface area (Å²) in [5.74, 6) is 1.22. The molecule has 0 bridgehead atoms. The van der Waals surface area contributed by atoms with Gasteiger partial charge in [-0.1, -0.05) is 36.9 Å². The number of anilines is 2. The number of amides is 2. The molecule has 2 rings (SSSR count). The Kier molecular flexibility index (Phi) is 4.19. The fourth-order valence-corrected chi connectivity index (χ4v) is 1.81. The molecular weight excluding hydrogens is 250 g/mol. The van der Waals surface area contributed by atoms with E-state index in [2.05, 4.69) is 25.8 Å². The molecule has 1 heterocycles. The van der Waals surface area contributed by atoms with Crippen molar-refractivity contribution in [3.8, 4) is 0 Å². The number of carbonyl (C=O) groups is 1. The summed E-state index contributed by atoms with van der Waals surface area (Å²) in [4.78, 5) is 15.7. The molecule has 0 saturated carbocycles. The van der Waals surface area contributed by atoms with Crippen molar-refractivity contribution < 1.29 is 4.79 Å². The number of hydrogen-bond acceptors (Lipinski definition) is 4. The van der Waals surface area contributed by atoms with Crippen LogP contribution in [0.2, 0.25) is 0 Å². The molecule has 1 aromatic heterocycles. The van der Waals surface area contributed by atoms with Crippen LogP contribution in [0.4, 0.5) is 16.4 Å². The second kappa shape index (κ2) is 6.06. The van der Waals surface area contributed by atoms with Crippen LogP contribution in [-0.4, -0.2) is 27.0 Å². The van der Waals surface area contributed by atoms with E-state index in [0.717, 1.165) is 11.4 Å². The average Bonchev–Trinajstić information content (AvgIpc) is 2.78. The van der Waals surface area contributed by atoms with Crippen LogP contribution in [0.15, 0.2) is 35.5 Å². The predicted octanol–water partition coefficient (Wildman–Crippen LogP) is 2.56. The van der Waals surface area contributed by atoms with Gasteiger partial charge in [0.25, 0.3) is 0 Å². The Bertz CT molecular complexity index is 513. The van der Waals surface area contributed by atoms with Gasteiger partial charge in [0, 0.05) is 5.69 Å². The smallest absolute Gasteiger partial charge is 0.308 e. The molecule has 2 amide bonds. The summed E-state index contributed by atoms with van der Waals surface area (Å²) >= 11 is 1.50. The monoisotopic (exact) mass is 263 g/mol. The zero-order valence-corrected chi connectivity index (χ0v) is 10.6. The molecule has 94 valence electrons. The van der Waals surface area contributed by atoms with E-state index in [0.29, 0.717) is 11.1 Å². The Morgan fingerprint density at radius 2 is 2.11 bits per heavy atom. The van der Waals surface area contributed by atoms with Gasteiger partial charge >= 0.3 is 6.03 Å². The van der Waals surface area contributed by atoms with Crippen LogP contribution in [0, 0.1) is 0 Å². The van der Waals surface area contributed by atoms with E-state index in [1.807, 2.05) is 25.1 Å². The highest BCUT2D eigenvalue weighted by Gasteiger charge is 2.06. The molecule has 2 aromatic rings. The lowest BCUT2D eigenvalue weighted by atomic mass is 10.3. The lowest BCUT2D eigenvalue weighted by Gasteiger charge is -2.04. The van der Waals surface area contributed by atoms with E-state index in [1.54, 1.807) is 12.1 Å². The van der Waals surface area contributed by atoms with Crippen molar-refractivity contribution in [2.75, 3.05) is 16.4 Å². The molecule has 0 aliphatic rings. The third-order valence-electron chi connectivity index (χ3n) is 2.00. The second-order valence-corrected chi connectivity index (χ2v) is 4.58. The molecule has 0 atom stereocenters. The Labute approximate surface area is 109 Å². The maximum absolute atomic E-state index is 11.6. The molecule has 0 unspecified atom stereocenters. The van der Waals surface area contributed by atoms with E-state index in [-0.39, 0.29) is 6.03 Å². The number of carbonyl (C=O) groups excluding carboxylic acids is 1. The average molecular weight is 263 g/mol. The molecule has 0 fully saturated rings. The highest BCUT2D eigenvalue weighted by Crippen LogP contribution is 2.13. The third-order valence-corrected chi connectivity index (χ3v) is 2.73. The van der Waals surface area contributed by atoms with Crippen LogP contribution in [-0.2, 0) is 0 Å². The minimum Gasteiger partial charge on any atom is -0.308 e. The molecular formula is C11H13N5OS. The van der Waals surface area contributed by atoms with Crippen molar-refractivity contribution >= 4 is 29.4 Å². The van der Waals surface area contributed by atoms with Crippen LogP contribution in [0.3, 0.4) is 0 Å². The molecule has 0 saturated heterocycles. The van der Waals surface area contributed by atoms with E-state index < -0.39 is 0 Å². The van der Waals surface area contributed by atoms with Crippen molar-refractivity contribution in [3.63, 3.8) is 0 Å². The number of urea groups is 1. The molecule has 18 heavy (non-hydrogen) atoms. The number of para-hydroxylation sites is 1. The van der Waals surface area contributed by atoms with E-state index in [4.69, 9.17) is 0 Å². The Hall–Kier alpha value is -2.02. The van der Waals surface area contributed by atoms with Crippen LogP contribution < -0.4 is 10.6 Å². The van der Waals surface area contributed by atoms with Crippen LogP contribution in [0.1, 0.15) is 6.92 Å². The SMILES string of the molecule is CCSc1n[nH]c(NC(=O)Nc2ccccc2)n1. The molecule has 7 heteroatoms. The van der Waals surface area contributed by atoms with Gasteiger partial charge in [-0.15, -0.1) is 5.10 Å². The van der Waals surface area contributed by atoms with Crippen LogP contribution in [0.5, 0.6) is 0 Å². The van der Waals surface area contributed by atoms with E-state index in [9.17, 15) is 4.79 Å². The number of benzene rings is 1. The van der Waals surface area contributed by atoms with Gasteiger partial charge in [0.1, 0.15) is 0 Å². The lowest BCUT2D eigenvalue weighted by Crippen LogP contribution is -2.20. The molecule has 0 spiro atoms. The molecule has 0 radical (unpaired) electrons. The van der Waals surface area contributed by atoms with E-state index >= 15 is 0 Å². The van der Waals surface area contributed by atoms with E-state index in [1.165, 1.54) is 11.8 Å². The van der Waals surface area contributed by atoms with Gasteiger partial charge in [0.2, 0.25) is 11.1 Å². The Balaban J connectivity index is 1.90. The van der Waals surface area contributed by atoms with Gasteiger partial charge in [-0.3, -0.25) is 5.32 Å². The first kappa shape index (κ1) is 12.4. The van der Waals surface area contributed by atoms with Gasteiger partial charge < -0.3 is 5.32 Å². The topological polar surface area (TPSA) is 82.7 Å². The first-order valence-corrected chi connectivity index (χ1v) is 6.44. The minimum absolute atomic E-state index is 0.333. The summed E-state index contributed by atoms with van der Waals surface area (Å²) in [6.07, 6.45) is 0. The number of nitrogens with zero attached hydrogens (tertiary/aromatic N) is 2. The number of thioether (sulfide) groups is 1. The van der Waals surface area contributed by atoms with Gasteiger partial charge in [0.05, 0.1) is 0 Å². The Morgan fingerprint density at radius 3 is 2.83 bits per heavy atom. The van der Waals surface area contributed by atoms with Gasteiger partial charge in [0.15, 0.2) is 0 Å². The molecule has 6 nitrogen and oxygen atoms in total. The lowest BCUT2D eigenvalue weighted by molar-refractivity contribution is 0.262. The summed E-state index contributed by atoms with van der Waals surface area (Å²) in [7, 11) is 0. The molecule has 0 aliphatic carbocycles. The number of nitrogens with one attached hydrogen (secondary N) is 3. The van der Waals surface area contributed by atoms with Crippen molar-refractivity contribution in [3.05, 3.63) is 30.3 Å². The van der Waals surface area contributed by atoms with Crippen LogP contribution >= 0.6 is 11.8 Å². The normalized spacial score (nSPS) is 10.1. The maximum atomic E-state index is 11.6. The number of aromatic amines is 1. The minimum atomic E-state index is -0.356.